The average molecular weight is 587 g/mol. The lowest BCUT2D eigenvalue weighted by Crippen LogP contribution is -2.22. The second-order valence-electron chi connectivity index (χ2n) is 8.72. The zero-order valence-electron chi connectivity index (χ0n) is 22.7. The van der Waals surface area contributed by atoms with Crippen molar-refractivity contribution < 1.29 is 35.5 Å². The van der Waals surface area contributed by atoms with Crippen LogP contribution >= 0.6 is 0 Å². The predicted molar refractivity (Wildman–Crippen MR) is 153 cm³/mol. The molecule has 0 aliphatic rings. The summed E-state index contributed by atoms with van der Waals surface area (Å²) in [6, 6.07) is 20.0. The molecule has 12 heteroatoms. The molecule has 0 radical (unpaired) electrons. The second-order valence-corrected chi connectivity index (χ2v) is 12.0. The van der Waals surface area contributed by atoms with E-state index in [4.69, 9.17) is 9.11 Å². The fourth-order valence-electron chi connectivity index (χ4n) is 3.03. The molecule has 2 rings (SSSR count). The Balaban J connectivity index is 0.000000576. The number of unbranched alkanes of at least 4 members (excludes halogenated alkanes) is 4. The normalized spacial score (nSPS) is 10.8. The molecule has 0 aromatic heterocycles. The van der Waals surface area contributed by atoms with Crippen molar-refractivity contribution in [1.29, 1.82) is 0 Å². The molecule has 0 bridgehead atoms. The van der Waals surface area contributed by atoms with E-state index in [1.165, 1.54) is 0 Å². The summed E-state index contributed by atoms with van der Waals surface area (Å²) in [5.41, 5.74) is 2.31. The average Bonchev–Trinajstić information content (AvgIpc) is 2.86. The Morgan fingerprint density at radius 1 is 0.615 bits per heavy atom. The number of carbonyl (C=O) groups excluding carboxylic acids is 2. The molecule has 4 N–H and O–H groups in total. The number of rotatable bonds is 14. The molecular formula is C27H42N2O8S2. The molecule has 0 heterocycles. The SMILES string of the molecule is CCCCCC(=O)NCc1ccccc1.CCCCCC(=O)NCc1ccccc1.O=S(=O)(O)CS(=O)(=O)O. The lowest BCUT2D eigenvalue weighted by molar-refractivity contribution is -0.122. The van der Waals surface area contributed by atoms with E-state index in [2.05, 4.69) is 24.5 Å². The number of hydrogen-bond donors (Lipinski definition) is 4. The number of carbonyl (C=O) groups is 2. The van der Waals surface area contributed by atoms with Gasteiger partial charge in [-0.05, 0) is 24.0 Å². The standard InChI is InChI=1S/2C13H19NO.CH4O6S2/c2*1-2-3-5-10-13(15)14-11-12-8-6-4-7-9-12;2-8(3,4)1-9(5,6)7/h2*4,6-9H,2-3,5,10-11H2,1H3,(H,14,15);1H2,(H,2,3,4)(H,5,6,7). The van der Waals surface area contributed by atoms with Gasteiger partial charge in [-0.2, -0.15) is 16.8 Å². The van der Waals surface area contributed by atoms with Crippen molar-refractivity contribution in [1.82, 2.24) is 10.6 Å². The molecule has 0 saturated heterocycles. The van der Waals surface area contributed by atoms with E-state index in [1.807, 2.05) is 60.7 Å². The van der Waals surface area contributed by atoms with Crippen LogP contribution < -0.4 is 10.6 Å². The van der Waals surface area contributed by atoms with Crippen molar-refractivity contribution in [2.24, 2.45) is 0 Å². The maximum Gasteiger partial charge on any atom is 0.281 e. The van der Waals surface area contributed by atoms with Crippen LogP contribution in [0.2, 0.25) is 0 Å². The highest BCUT2D eigenvalue weighted by Crippen LogP contribution is 2.02. The van der Waals surface area contributed by atoms with Gasteiger partial charge < -0.3 is 10.6 Å². The van der Waals surface area contributed by atoms with E-state index >= 15 is 0 Å². The first-order valence-corrected chi connectivity index (χ1v) is 16.1. The molecule has 2 aromatic carbocycles. The molecule has 0 saturated carbocycles. The number of amides is 2. The fourth-order valence-corrected chi connectivity index (χ4v) is 4.53. The van der Waals surface area contributed by atoms with Gasteiger partial charge in [-0.1, -0.05) is 100 Å². The minimum atomic E-state index is -4.62. The molecule has 39 heavy (non-hydrogen) atoms. The van der Waals surface area contributed by atoms with Gasteiger partial charge in [-0.25, -0.2) is 0 Å². The summed E-state index contributed by atoms with van der Waals surface area (Å²) in [7, 11) is -9.24. The molecule has 0 unspecified atom stereocenters. The fraction of sp³-hybridized carbons (Fsp3) is 0.481. The van der Waals surface area contributed by atoms with Crippen LogP contribution in [0.1, 0.15) is 76.3 Å². The third-order valence-electron chi connectivity index (χ3n) is 4.98. The molecule has 0 atom stereocenters. The van der Waals surface area contributed by atoms with Crippen LogP contribution in [0.4, 0.5) is 0 Å². The summed E-state index contributed by atoms with van der Waals surface area (Å²) in [6.07, 6.45) is 7.89. The molecule has 2 amide bonds. The lowest BCUT2D eigenvalue weighted by Gasteiger charge is -2.04. The summed E-state index contributed by atoms with van der Waals surface area (Å²) in [4.78, 5) is 22.8. The quantitative estimate of drug-likeness (QED) is 0.186. The molecule has 0 aliphatic carbocycles. The number of nitrogens with one attached hydrogen (secondary N) is 2. The Morgan fingerprint density at radius 2 is 0.949 bits per heavy atom. The van der Waals surface area contributed by atoms with E-state index in [9.17, 15) is 26.4 Å². The van der Waals surface area contributed by atoms with Gasteiger partial charge in [-0.3, -0.25) is 18.7 Å². The third kappa shape index (κ3) is 25.2. The van der Waals surface area contributed by atoms with Gasteiger partial charge >= 0.3 is 0 Å². The summed E-state index contributed by atoms with van der Waals surface area (Å²) >= 11 is 0. The summed E-state index contributed by atoms with van der Waals surface area (Å²) in [6.45, 7) is 5.57. The van der Waals surface area contributed by atoms with Gasteiger partial charge in [-0.15, -0.1) is 0 Å². The van der Waals surface area contributed by atoms with Crippen molar-refractivity contribution in [2.45, 2.75) is 78.3 Å². The summed E-state index contributed by atoms with van der Waals surface area (Å²) in [5.74, 6) is 0.319. The number of hydrogen-bond acceptors (Lipinski definition) is 6. The Labute approximate surface area is 233 Å². The molecule has 220 valence electrons. The van der Waals surface area contributed by atoms with Crippen LogP contribution in [0, 0.1) is 0 Å². The van der Waals surface area contributed by atoms with Crippen LogP contribution in [-0.2, 0) is 42.9 Å². The van der Waals surface area contributed by atoms with Gasteiger partial charge in [0.1, 0.15) is 0 Å². The maximum absolute atomic E-state index is 11.4. The van der Waals surface area contributed by atoms with Crippen LogP contribution in [0.3, 0.4) is 0 Å². The zero-order chi connectivity index (χ0) is 29.6. The number of benzene rings is 2. The van der Waals surface area contributed by atoms with Crippen LogP contribution in [-0.4, -0.2) is 42.8 Å². The highest BCUT2D eigenvalue weighted by molar-refractivity contribution is 8.02. The lowest BCUT2D eigenvalue weighted by atomic mass is 10.2. The minimum absolute atomic E-state index is 0.160. The van der Waals surface area contributed by atoms with Crippen molar-refractivity contribution in [3.8, 4) is 0 Å². The monoisotopic (exact) mass is 586 g/mol. The summed E-state index contributed by atoms with van der Waals surface area (Å²) < 4.78 is 54.2. The van der Waals surface area contributed by atoms with E-state index in [0.29, 0.717) is 25.9 Å². The zero-order valence-corrected chi connectivity index (χ0v) is 24.3. The molecule has 0 fully saturated rings. The van der Waals surface area contributed by atoms with Gasteiger partial charge in [0.25, 0.3) is 20.2 Å². The van der Waals surface area contributed by atoms with Crippen LogP contribution in [0.15, 0.2) is 60.7 Å². The second kappa shape index (κ2) is 21.1. The maximum atomic E-state index is 11.4. The Hall–Kier alpha value is -2.80. The van der Waals surface area contributed by atoms with Crippen LogP contribution in [0.5, 0.6) is 0 Å². The first-order chi connectivity index (χ1) is 18.4. The topological polar surface area (TPSA) is 167 Å². The van der Waals surface area contributed by atoms with Crippen molar-refractivity contribution in [3.05, 3.63) is 71.8 Å². The van der Waals surface area contributed by atoms with E-state index in [0.717, 1.165) is 49.7 Å². The van der Waals surface area contributed by atoms with Crippen molar-refractivity contribution in [3.63, 3.8) is 0 Å². The molecule has 0 aliphatic heterocycles. The van der Waals surface area contributed by atoms with E-state index in [-0.39, 0.29) is 11.8 Å². The first-order valence-electron chi connectivity index (χ1n) is 12.9. The van der Waals surface area contributed by atoms with Crippen molar-refractivity contribution in [2.75, 3.05) is 5.08 Å². The Morgan fingerprint density at radius 3 is 1.21 bits per heavy atom. The van der Waals surface area contributed by atoms with E-state index < -0.39 is 25.3 Å². The van der Waals surface area contributed by atoms with E-state index in [1.54, 1.807) is 0 Å². The minimum Gasteiger partial charge on any atom is -0.352 e. The third-order valence-corrected chi connectivity index (χ3v) is 7.36. The smallest absolute Gasteiger partial charge is 0.281 e. The Bertz CT molecular complexity index is 1050. The largest absolute Gasteiger partial charge is 0.352 e. The van der Waals surface area contributed by atoms with Gasteiger partial charge in [0.05, 0.1) is 0 Å². The molecule has 10 nitrogen and oxygen atoms in total. The predicted octanol–water partition coefficient (Wildman–Crippen LogP) is 4.49. The molecule has 0 spiro atoms. The summed E-state index contributed by atoms with van der Waals surface area (Å²) in [5, 5.41) is 4.19. The Kier molecular flexibility index (Phi) is 19.6. The van der Waals surface area contributed by atoms with Gasteiger partial charge in [0.2, 0.25) is 16.9 Å². The van der Waals surface area contributed by atoms with Crippen LogP contribution in [0.25, 0.3) is 0 Å². The highest BCUT2D eigenvalue weighted by atomic mass is 32.3. The van der Waals surface area contributed by atoms with Gasteiger partial charge in [0, 0.05) is 25.9 Å². The van der Waals surface area contributed by atoms with Crippen molar-refractivity contribution >= 4 is 32.1 Å². The molecular weight excluding hydrogens is 544 g/mol. The van der Waals surface area contributed by atoms with Gasteiger partial charge in [0.15, 0.2) is 0 Å². The molecule has 2 aromatic rings. The first kappa shape index (κ1) is 36.2. The highest BCUT2D eigenvalue weighted by Gasteiger charge is 2.15.